The summed E-state index contributed by atoms with van der Waals surface area (Å²) >= 11 is 0. The van der Waals surface area contributed by atoms with Gasteiger partial charge in [0.05, 0.1) is 0 Å². The highest BCUT2D eigenvalue weighted by atomic mass is 19.1. The minimum absolute atomic E-state index is 0.124. The predicted molar refractivity (Wildman–Crippen MR) is 83.2 cm³/mol. The van der Waals surface area contributed by atoms with E-state index in [1.54, 1.807) is 12.1 Å². The molecule has 1 nitrogen and oxygen atoms in total. The molecule has 3 unspecified atom stereocenters. The van der Waals surface area contributed by atoms with Crippen LogP contribution in [-0.2, 0) is 0 Å². The minimum atomic E-state index is -0.159. The first-order valence-corrected chi connectivity index (χ1v) is 7.93. The Hall–Kier alpha value is -0.890. The van der Waals surface area contributed by atoms with Crippen LogP contribution in [0.15, 0.2) is 24.3 Å². The van der Waals surface area contributed by atoms with Crippen LogP contribution < -0.4 is 5.32 Å². The summed E-state index contributed by atoms with van der Waals surface area (Å²) in [4.78, 5) is 0. The van der Waals surface area contributed by atoms with Crippen LogP contribution in [0.1, 0.15) is 65.0 Å². The van der Waals surface area contributed by atoms with E-state index in [1.807, 2.05) is 12.1 Å². The fourth-order valence-electron chi connectivity index (χ4n) is 3.46. The molecule has 1 fully saturated rings. The molecule has 0 aromatic heterocycles. The van der Waals surface area contributed by atoms with E-state index in [-0.39, 0.29) is 17.3 Å². The zero-order valence-corrected chi connectivity index (χ0v) is 13.2. The van der Waals surface area contributed by atoms with E-state index in [4.69, 9.17) is 0 Å². The molecule has 0 radical (unpaired) electrons. The van der Waals surface area contributed by atoms with Crippen LogP contribution in [0.2, 0.25) is 0 Å². The highest BCUT2D eigenvalue weighted by Crippen LogP contribution is 2.37. The molecule has 0 heterocycles. The number of benzene rings is 1. The summed E-state index contributed by atoms with van der Waals surface area (Å²) in [6.45, 7) is 9.05. The van der Waals surface area contributed by atoms with Crippen molar-refractivity contribution in [2.45, 2.75) is 65.5 Å². The lowest BCUT2D eigenvalue weighted by Crippen LogP contribution is -2.41. The van der Waals surface area contributed by atoms with Gasteiger partial charge in [0.1, 0.15) is 5.82 Å². The molecular weight excluding hydrogens is 249 g/mol. The molecule has 2 rings (SSSR count). The number of rotatable bonds is 4. The summed E-state index contributed by atoms with van der Waals surface area (Å²) in [5.74, 6) is 0.633. The molecule has 0 saturated heterocycles. The average Bonchev–Trinajstić information content (AvgIpc) is 2.83. The maximum absolute atomic E-state index is 13.1. The molecule has 1 N–H and O–H groups in total. The molecule has 2 heteroatoms. The third-order valence-electron chi connectivity index (χ3n) is 4.63. The van der Waals surface area contributed by atoms with E-state index in [0.717, 1.165) is 5.92 Å². The van der Waals surface area contributed by atoms with Crippen molar-refractivity contribution < 1.29 is 4.39 Å². The van der Waals surface area contributed by atoms with Gasteiger partial charge in [-0.3, -0.25) is 0 Å². The van der Waals surface area contributed by atoms with E-state index >= 15 is 0 Å². The van der Waals surface area contributed by atoms with Gasteiger partial charge in [-0.25, -0.2) is 4.39 Å². The maximum Gasteiger partial charge on any atom is 0.123 e. The van der Waals surface area contributed by atoms with E-state index in [0.29, 0.717) is 6.04 Å². The van der Waals surface area contributed by atoms with Crippen LogP contribution >= 0.6 is 0 Å². The van der Waals surface area contributed by atoms with Crippen molar-refractivity contribution in [1.29, 1.82) is 0 Å². The number of nitrogens with one attached hydrogen (secondary N) is 1. The lowest BCUT2D eigenvalue weighted by atomic mass is 9.81. The summed E-state index contributed by atoms with van der Waals surface area (Å²) in [5.41, 5.74) is 1.32. The van der Waals surface area contributed by atoms with Crippen LogP contribution in [-0.4, -0.2) is 6.04 Å². The van der Waals surface area contributed by atoms with E-state index in [9.17, 15) is 4.39 Å². The second-order valence-corrected chi connectivity index (χ2v) is 7.22. The van der Waals surface area contributed by atoms with Crippen molar-refractivity contribution in [2.24, 2.45) is 11.3 Å². The van der Waals surface area contributed by atoms with E-state index in [2.05, 4.69) is 33.0 Å². The third-order valence-corrected chi connectivity index (χ3v) is 4.63. The van der Waals surface area contributed by atoms with Gasteiger partial charge in [0.15, 0.2) is 0 Å². The zero-order chi connectivity index (χ0) is 14.8. The largest absolute Gasteiger partial charge is 0.306 e. The Balaban J connectivity index is 2.18. The monoisotopic (exact) mass is 277 g/mol. The zero-order valence-electron chi connectivity index (χ0n) is 13.2. The van der Waals surface area contributed by atoms with Crippen molar-refractivity contribution in [3.8, 4) is 0 Å². The van der Waals surface area contributed by atoms with Crippen molar-refractivity contribution >= 4 is 0 Å². The van der Waals surface area contributed by atoms with Crippen molar-refractivity contribution in [2.75, 3.05) is 0 Å². The molecule has 3 atom stereocenters. The Morgan fingerprint density at radius 2 is 1.85 bits per heavy atom. The number of hydrogen-bond donors (Lipinski definition) is 1. The average molecular weight is 277 g/mol. The van der Waals surface area contributed by atoms with Crippen LogP contribution in [0.5, 0.6) is 0 Å². The normalized spacial score (nSPS) is 24.9. The third kappa shape index (κ3) is 3.60. The van der Waals surface area contributed by atoms with Crippen molar-refractivity contribution in [1.82, 2.24) is 5.32 Å². The number of halogens is 1. The Kier molecular flexibility index (Phi) is 4.85. The quantitative estimate of drug-likeness (QED) is 0.809. The lowest BCUT2D eigenvalue weighted by Gasteiger charge is -2.36. The van der Waals surface area contributed by atoms with E-state index in [1.165, 1.54) is 31.2 Å². The van der Waals surface area contributed by atoms with Gasteiger partial charge in [0, 0.05) is 12.1 Å². The van der Waals surface area contributed by atoms with Gasteiger partial charge in [-0.05, 0) is 41.9 Å². The summed E-state index contributed by atoms with van der Waals surface area (Å²) in [6.07, 6.45) is 5.19. The fourth-order valence-corrected chi connectivity index (χ4v) is 3.46. The molecule has 20 heavy (non-hydrogen) atoms. The standard InChI is InChI=1S/C18H28FN/c1-5-13-7-6-8-16(13)20-17(18(2,3)4)14-9-11-15(19)12-10-14/h9-13,16-17,20H,5-8H2,1-4H3. The molecule has 0 bridgehead atoms. The van der Waals surface area contributed by atoms with Gasteiger partial charge < -0.3 is 5.32 Å². The Morgan fingerprint density at radius 3 is 2.40 bits per heavy atom. The summed E-state index contributed by atoms with van der Waals surface area (Å²) in [5, 5.41) is 3.87. The molecule has 0 spiro atoms. The second kappa shape index (κ2) is 6.26. The molecule has 1 aliphatic carbocycles. The molecule has 1 saturated carbocycles. The van der Waals surface area contributed by atoms with Crippen molar-refractivity contribution in [3.05, 3.63) is 35.6 Å². The van der Waals surface area contributed by atoms with Gasteiger partial charge in [-0.2, -0.15) is 0 Å². The lowest BCUT2D eigenvalue weighted by molar-refractivity contribution is 0.228. The molecule has 1 aromatic rings. The van der Waals surface area contributed by atoms with Gasteiger partial charge in [0.2, 0.25) is 0 Å². The SMILES string of the molecule is CCC1CCCC1NC(c1ccc(F)cc1)C(C)(C)C. The number of hydrogen-bond acceptors (Lipinski definition) is 1. The van der Waals surface area contributed by atoms with Gasteiger partial charge in [-0.15, -0.1) is 0 Å². The van der Waals surface area contributed by atoms with Crippen LogP contribution in [0.25, 0.3) is 0 Å². The fraction of sp³-hybridized carbons (Fsp3) is 0.667. The van der Waals surface area contributed by atoms with Crippen LogP contribution in [0, 0.1) is 17.2 Å². The maximum atomic E-state index is 13.1. The predicted octanol–water partition coefficient (Wildman–Crippen LogP) is 5.08. The second-order valence-electron chi connectivity index (χ2n) is 7.22. The minimum Gasteiger partial charge on any atom is -0.306 e. The smallest absolute Gasteiger partial charge is 0.123 e. The summed E-state index contributed by atoms with van der Waals surface area (Å²) < 4.78 is 13.1. The molecule has 1 aromatic carbocycles. The highest BCUT2D eigenvalue weighted by molar-refractivity contribution is 5.22. The first-order valence-electron chi connectivity index (χ1n) is 7.93. The van der Waals surface area contributed by atoms with Gasteiger partial charge in [0.25, 0.3) is 0 Å². The van der Waals surface area contributed by atoms with Gasteiger partial charge in [-0.1, -0.05) is 52.7 Å². The molecule has 0 aliphatic heterocycles. The summed E-state index contributed by atoms with van der Waals surface area (Å²) in [6, 6.07) is 7.88. The van der Waals surface area contributed by atoms with Crippen LogP contribution in [0.4, 0.5) is 4.39 Å². The first kappa shape index (κ1) is 15.5. The Labute approximate surface area is 123 Å². The van der Waals surface area contributed by atoms with E-state index < -0.39 is 0 Å². The summed E-state index contributed by atoms with van der Waals surface area (Å²) in [7, 11) is 0. The molecular formula is C18H28FN. The van der Waals surface area contributed by atoms with Gasteiger partial charge >= 0.3 is 0 Å². The molecule has 0 amide bonds. The first-order chi connectivity index (χ1) is 9.41. The Morgan fingerprint density at radius 1 is 1.20 bits per heavy atom. The van der Waals surface area contributed by atoms with Crippen LogP contribution in [0.3, 0.4) is 0 Å². The highest BCUT2D eigenvalue weighted by Gasteiger charge is 2.33. The topological polar surface area (TPSA) is 12.0 Å². The molecule has 112 valence electrons. The molecule has 1 aliphatic rings. The Bertz CT molecular complexity index is 418. The van der Waals surface area contributed by atoms with Crippen molar-refractivity contribution in [3.63, 3.8) is 0 Å².